The van der Waals surface area contributed by atoms with Crippen LogP contribution in [0.2, 0.25) is 5.02 Å². The minimum Gasteiger partial charge on any atom is -0.377 e. The van der Waals surface area contributed by atoms with Crippen molar-refractivity contribution in [1.29, 1.82) is 0 Å². The molecule has 0 bridgehead atoms. The molecule has 0 radical (unpaired) electrons. The second-order valence-corrected chi connectivity index (χ2v) is 8.24. The van der Waals surface area contributed by atoms with E-state index in [4.69, 9.17) is 16.3 Å². The second-order valence-electron chi connectivity index (χ2n) is 7.86. The van der Waals surface area contributed by atoms with Crippen molar-refractivity contribution in [2.75, 3.05) is 5.32 Å². The maximum atomic E-state index is 12.7. The first kappa shape index (κ1) is 20.6. The van der Waals surface area contributed by atoms with Crippen molar-refractivity contribution in [1.82, 2.24) is 14.8 Å². The number of alkyl halides is 3. The first-order chi connectivity index (χ1) is 12.8. The van der Waals surface area contributed by atoms with E-state index < -0.39 is 22.9 Å². The Kier molecular flexibility index (Phi) is 4.95. The van der Waals surface area contributed by atoms with Crippen molar-refractivity contribution in [3.63, 3.8) is 0 Å². The summed E-state index contributed by atoms with van der Waals surface area (Å²) >= 11 is 6.21. The van der Waals surface area contributed by atoms with Gasteiger partial charge in [0.1, 0.15) is 5.02 Å². The third-order valence-electron chi connectivity index (χ3n) is 4.62. The van der Waals surface area contributed by atoms with Crippen LogP contribution in [0.1, 0.15) is 39.7 Å². The topological polar surface area (TPSA) is 69.0 Å². The van der Waals surface area contributed by atoms with Gasteiger partial charge in [-0.1, -0.05) is 11.6 Å². The van der Waals surface area contributed by atoms with Crippen LogP contribution in [0.4, 0.5) is 18.9 Å². The highest BCUT2D eigenvalue weighted by molar-refractivity contribution is 6.33. The Morgan fingerprint density at radius 3 is 2.43 bits per heavy atom. The summed E-state index contributed by atoms with van der Waals surface area (Å²) < 4.78 is 44.9. The third-order valence-corrected chi connectivity index (χ3v) is 4.98. The van der Waals surface area contributed by atoms with Crippen molar-refractivity contribution in [2.45, 2.75) is 57.5 Å². The smallest absolute Gasteiger partial charge is 0.377 e. The largest absolute Gasteiger partial charge is 0.417 e. The van der Waals surface area contributed by atoms with Crippen LogP contribution >= 0.6 is 11.6 Å². The van der Waals surface area contributed by atoms with Gasteiger partial charge < -0.3 is 10.1 Å². The molecule has 3 heterocycles. The highest BCUT2D eigenvalue weighted by atomic mass is 35.5. The van der Waals surface area contributed by atoms with Gasteiger partial charge in [-0.05, 0) is 46.2 Å². The lowest BCUT2D eigenvalue weighted by molar-refractivity contribution is -0.137. The van der Waals surface area contributed by atoms with Crippen LogP contribution in [0, 0.1) is 0 Å². The van der Waals surface area contributed by atoms with Crippen LogP contribution in [0.25, 0.3) is 5.82 Å². The number of ether oxygens (including phenoxy) is 1. The first-order valence-electron chi connectivity index (χ1n) is 8.58. The normalized spacial score (nSPS) is 20.9. The van der Waals surface area contributed by atoms with Crippen LogP contribution in [-0.2, 0) is 10.9 Å². The van der Waals surface area contributed by atoms with E-state index in [0.717, 1.165) is 16.8 Å². The molecule has 2 aromatic heterocycles. The summed E-state index contributed by atoms with van der Waals surface area (Å²) in [6.07, 6.45) is -1.83. The van der Waals surface area contributed by atoms with E-state index in [-0.39, 0.29) is 22.5 Å². The highest BCUT2D eigenvalue weighted by Gasteiger charge is 2.46. The van der Waals surface area contributed by atoms with E-state index in [0.29, 0.717) is 18.3 Å². The van der Waals surface area contributed by atoms with Crippen molar-refractivity contribution < 1.29 is 17.9 Å². The van der Waals surface area contributed by atoms with Crippen LogP contribution in [0.5, 0.6) is 0 Å². The number of anilines is 1. The average Bonchev–Trinajstić information content (AvgIpc) is 2.78. The molecule has 3 rings (SSSR count). The van der Waals surface area contributed by atoms with Gasteiger partial charge in [0.2, 0.25) is 0 Å². The zero-order valence-electron chi connectivity index (χ0n) is 15.8. The van der Waals surface area contributed by atoms with Crippen molar-refractivity contribution in [3.05, 3.63) is 45.5 Å². The SMILES string of the molecule is CC1(C)CC(Nc2cnn(-c3ccc(C(F)(F)F)cn3)c(=O)c2Cl)C(C)(C)O1. The van der Waals surface area contributed by atoms with Gasteiger partial charge in [0.15, 0.2) is 5.82 Å². The van der Waals surface area contributed by atoms with Gasteiger partial charge in [-0.3, -0.25) is 4.79 Å². The molecular formula is C18H20ClF3N4O2. The molecule has 1 atom stereocenters. The number of rotatable bonds is 3. The Morgan fingerprint density at radius 2 is 1.93 bits per heavy atom. The zero-order chi connectivity index (χ0) is 20.9. The summed E-state index contributed by atoms with van der Waals surface area (Å²) in [5, 5.41) is 7.07. The lowest BCUT2D eigenvalue weighted by Crippen LogP contribution is -2.38. The zero-order valence-corrected chi connectivity index (χ0v) is 16.5. The standard InChI is InChI=1S/C18H20ClF3N4O2/c1-16(2)7-12(17(3,4)28-16)25-11-9-24-26(15(27)14(11)19)13-6-5-10(8-23-13)18(20,21)22/h5-6,8-9,12,25H,7H2,1-4H3. The molecule has 10 heteroatoms. The van der Waals surface area contributed by atoms with Gasteiger partial charge in [0, 0.05) is 6.20 Å². The number of hydrogen-bond donors (Lipinski definition) is 1. The number of aromatic nitrogens is 3. The van der Waals surface area contributed by atoms with Gasteiger partial charge in [0.05, 0.1) is 34.7 Å². The molecule has 6 nitrogen and oxygen atoms in total. The predicted octanol–water partition coefficient (Wildman–Crippen LogP) is 4.06. The minimum absolute atomic E-state index is 0.0582. The number of hydrogen-bond acceptors (Lipinski definition) is 5. The maximum Gasteiger partial charge on any atom is 0.417 e. The molecular weight excluding hydrogens is 397 g/mol. The van der Waals surface area contributed by atoms with Crippen molar-refractivity contribution in [3.8, 4) is 5.82 Å². The monoisotopic (exact) mass is 416 g/mol. The summed E-state index contributed by atoms with van der Waals surface area (Å²) in [4.78, 5) is 16.2. The summed E-state index contributed by atoms with van der Waals surface area (Å²) in [6.45, 7) is 7.83. The van der Waals surface area contributed by atoms with Gasteiger partial charge >= 0.3 is 6.18 Å². The molecule has 0 spiro atoms. The molecule has 1 unspecified atom stereocenters. The van der Waals surface area contributed by atoms with E-state index in [9.17, 15) is 18.0 Å². The van der Waals surface area contributed by atoms with Crippen LogP contribution < -0.4 is 10.9 Å². The van der Waals surface area contributed by atoms with E-state index in [1.165, 1.54) is 6.20 Å². The first-order valence-corrected chi connectivity index (χ1v) is 8.96. The van der Waals surface area contributed by atoms with Crippen LogP contribution in [0.15, 0.2) is 29.3 Å². The van der Waals surface area contributed by atoms with E-state index in [1.807, 2.05) is 27.7 Å². The van der Waals surface area contributed by atoms with Gasteiger partial charge in [-0.2, -0.15) is 23.0 Å². The average molecular weight is 417 g/mol. The molecule has 1 aliphatic heterocycles. The fraction of sp³-hybridized carbons (Fsp3) is 0.500. The molecule has 28 heavy (non-hydrogen) atoms. The molecule has 0 amide bonds. The molecule has 0 aromatic carbocycles. The van der Waals surface area contributed by atoms with Crippen LogP contribution in [-0.4, -0.2) is 32.0 Å². The number of nitrogens with zero attached hydrogens (tertiary/aromatic N) is 3. The van der Waals surface area contributed by atoms with Gasteiger partial charge in [-0.25, -0.2) is 4.98 Å². The highest BCUT2D eigenvalue weighted by Crippen LogP contribution is 2.39. The minimum atomic E-state index is -4.51. The Hall–Kier alpha value is -2.13. The molecule has 0 saturated carbocycles. The molecule has 2 aromatic rings. The van der Waals surface area contributed by atoms with Crippen LogP contribution in [0.3, 0.4) is 0 Å². The number of pyridine rings is 1. The second kappa shape index (κ2) is 6.73. The van der Waals surface area contributed by atoms with Crippen molar-refractivity contribution >= 4 is 17.3 Å². The Morgan fingerprint density at radius 1 is 1.25 bits per heavy atom. The lowest BCUT2D eigenvalue weighted by Gasteiger charge is -2.28. The molecule has 152 valence electrons. The fourth-order valence-corrected chi connectivity index (χ4v) is 3.53. The number of halogens is 4. The lowest BCUT2D eigenvalue weighted by atomic mass is 9.94. The van der Waals surface area contributed by atoms with E-state index in [2.05, 4.69) is 15.4 Å². The summed E-state index contributed by atoms with van der Waals surface area (Å²) in [7, 11) is 0. The van der Waals surface area contributed by atoms with Gasteiger partial charge in [-0.15, -0.1) is 0 Å². The predicted molar refractivity (Wildman–Crippen MR) is 98.9 cm³/mol. The maximum absolute atomic E-state index is 12.7. The van der Waals surface area contributed by atoms with Gasteiger partial charge in [0.25, 0.3) is 5.56 Å². The van der Waals surface area contributed by atoms with E-state index >= 15 is 0 Å². The summed E-state index contributed by atoms with van der Waals surface area (Å²) in [6, 6.07) is 1.79. The molecule has 1 saturated heterocycles. The summed E-state index contributed by atoms with van der Waals surface area (Å²) in [5.41, 5.74) is -2.10. The quantitative estimate of drug-likeness (QED) is 0.817. The molecule has 1 N–H and O–H groups in total. The van der Waals surface area contributed by atoms with E-state index in [1.54, 1.807) is 0 Å². The summed E-state index contributed by atoms with van der Waals surface area (Å²) in [5.74, 6) is -0.0582. The third kappa shape index (κ3) is 4.00. The molecule has 1 aliphatic rings. The van der Waals surface area contributed by atoms with Crippen molar-refractivity contribution in [2.24, 2.45) is 0 Å². The Labute approximate surface area is 164 Å². The molecule has 0 aliphatic carbocycles. The number of nitrogens with one attached hydrogen (secondary N) is 1. The molecule has 1 fully saturated rings. The fourth-order valence-electron chi connectivity index (χ4n) is 3.35. The Bertz CT molecular complexity index is 939. The Balaban J connectivity index is 1.89.